The molecule has 3 aromatic carbocycles. The van der Waals surface area contributed by atoms with E-state index >= 15 is 0 Å². The number of rotatable bonds is 4. The van der Waals surface area contributed by atoms with Gasteiger partial charge in [-0.15, -0.1) is 0 Å². The lowest BCUT2D eigenvalue weighted by atomic mass is 9.89. The summed E-state index contributed by atoms with van der Waals surface area (Å²) in [5.41, 5.74) is 2.87. The highest BCUT2D eigenvalue weighted by molar-refractivity contribution is 6.31. The van der Waals surface area contributed by atoms with Gasteiger partial charge in [-0.3, -0.25) is 9.59 Å². The average Bonchev–Trinajstić information content (AvgIpc) is 2.80. The van der Waals surface area contributed by atoms with Gasteiger partial charge in [0, 0.05) is 45.5 Å². The summed E-state index contributed by atoms with van der Waals surface area (Å²) < 4.78 is 5.21. The zero-order valence-corrected chi connectivity index (χ0v) is 20.1. The highest BCUT2D eigenvalue weighted by atomic mass is 35.5. The molecule has 33 heavy (non-hydrogen) atoms. The van der Waals surface area contributed by atoms with Gasteiger partial charge < -0.3 is 14.5 Å². The van der Waals surface area contributed by atoms with Crippen molar-refractivity contribution in [3.63, 3.8) is 0 Å². The fourth-order valence-corrected chi connectivity index (χ4v) is 4.72. The summed E-state index contributed by atoms with van der Waals surface area (Å²) in [7, 11) is 1.59. The maximum Gasteiger partial charge on any atom is 0.258 e. The Balaban J connectivity index is 1.78. The molecular formula is C26H24Cl2N2O3. The fraction of sp³-hybridized carbons (Fsp3) is 0.231. The van der Waals surface area contributed by atoms with Crippen LogP contribution in [-0.2, 0) is 4.79 Å². The lowest BCUT2D eigenvalue weighted by Gasteiger charge is -2.43. The van der Waals surface area contributed by atoms with Crippen LogP contribution in [0.1, 0.15) is 42.2 Å². The van der Waals surface area contributed by atoms with E-state index in [1.54, 1.807) is 66.3 Å². The fourth-order valence-electron chi connectivity index (χ4n) is 4.41. The Kier molecular flexibility index (Phi) is 6.63. The molecule has 0 saturated carbocycles. The summed E-state index contributed by atoms with van der Waals surface area (Å²) in [5, 5.41) is 1.14. The first-order valence-corrected chi connectivity index (χ1v) is 11.4. The van der Waals surface area contributed by atoms with Gasteiger partial charge in [-0.1, -0.05) is 23.2 Å². The van der Waals surface area contributed by atoms with Crippen LogP contribution in [0.5, 0.6) is 5.75 Å². The number of benzene rings is 3. The van der Waals surface area contributed by atoms with Crippen LogP contribution in [0.3, 0.4) is 0 Å². The molecule has 7 heteroatoms. The standard InChI is InChI=1S/C26H24Cl2N2O3/c1-16-14-25(30(17(2)31)21-9-6-19(27)7-10-21)23-15-20(28)8-13-24(23)29(16)26(32)18-4-11-22(33-3)12-5-18/h4-13,15-16,25H,14H2,1-3H3. The van der Waals surface area contributed by atoms with E-state index in [0.717, 1.165) is 16.9 Å². The molecular weight excluding hydrogens is 459 g/mol. The first kappa shape index (κ1) is 23.1. The molecule has 0 aliphatic carbocycles. The highest BCUT2D eigenvalue weighted by Crippen LogP contribution is 2.44. The van der Waals surface area contributed by atoms with Crippen LogP contribution < -0.4 is 14.5 Å². The summed E-state index contributed by atoms with van der Waals surface area (Å²) in [4.78, 5) is 29.9. The largest absolute Gasteiger partial charge is 0.497 e. The number of fused-ring (bicyclic) bond motifs is 1. The van der Waals surface area contributed by atoms with Crippen molar-refractivity contribution in [2.75, 3.05) is 16.9 Å². The third-order valence-corrected chi connectivity index (χ3v) is 6.41. The van der Waals surface area contributed by atoms with Crippen LogP contribution in [0, 0.1) is 0 Å². The summed E-state index contributed by atoms with van der Waals surface area (Å²) in [6, 6.07) is 19.2. The minimum atomic E-state index is -0.285. The highest BCUT2D eigenvalue weighted by Gasteiger charge is 2.38. The number of anilines is 2. The normalized spacial score (nSPS) is 17.3. The van der Waals surface area contributed by atoms with Gasteiger partial charge in [0.05, 0.1) is 13.2 Å². The third-order valence-electron chi connectivity index (χ3n) is 5.92. The molecule has 1 heterocycles. The molecule has 5 nitrogen and oxygen atoms in total. The molecule has 0 aromatic heterocycles. The number of halogens is 2. The first-order chi connectivity index (χ1) is 15.8. The van der Waals surface area contributed by atoms with Crippen molar-refractivity contribution in [2.45, 2.75) is 32.4 Å². The van der Waals surface area contributed by atoms with E-state index in [0.29, 0.717) is 27.8 Å². The van der Waals surface area contributed by atoms with Crippen LogP contribution in [0.2, 0.25) is 10.0 Å². The molecule has 1 aliphatic heterocycles. The summed E-state index contributed by atoms with van der Waals surface area (Å²) >= 11 is 12.4. The van der Waals surface area contributed by atoms with Gasteiger partial charge in [0.2, 0.25) is 5.91 Å². The zero-order valence-electron chi connectivity index (χ0n) is 18.6. The predicted molar refractivity (Wildman–Crippen MR) is 133 cm³/mol. The summed E-state index contributed by atoms with van der Waals surface area (Å²) in [6.45, 7) is 3.53. The van der Waals surface area contributed by atoms with E-state index in [1.165, 1.54) is 0 Å². The average molecular weight is 483 g/mol. The van der Waals surface area contributed by atoms with Crippen molar-refractivity contribution >= 4 is 46.4 Å². The van der Waals surface area contributed by atoms with Crippen LogP contribution in [-0.4, -0.2) is 25.0 Å². The van der Waals surface area contributed by atoms with Crippen LogP contribution >= 0.6 is 23.2 Å². The van der Waals surface area contributed by atoms with Crippen molar-refractivity contribution in [3.05, 3.63) is 87.9 Å². The molecule has 4 rings (SSSR count). The second-order valence-corrected chi connectivity index (χ2v) is 8.95. The number of ether oxygens (including phenoxy) is 1. The second-order valence-electron chi connectivity index (χ2n) is 8.07. The smallest absolute Gasteiger partial charge is 0.258 e. The van der Waals surface area contributed by atoms with E-state index in [2.05, 4.69) is 0 Å². The monoisotopic (exact) mass is 482 g/mol. The van der Waals surface area contributed by atoms with Crippen LogP contribution in [0.15, 0.2) is 66.7 Å². The van der Waals surface area contributed by atoms with E-state index < -0.39 is 0 Å². The second kappa shape index (κ2) is 9.46. The number of carbonyl (C=O) groups is 2. The van der Waals surface area contributed by atoms with Crippen molar-refractivity contribution in [2.24, 2.45) is 0 Å². The number of amides is 2. The van der Waals surface area contributed by atoms with Crippen molar-refractivity contribution < 1.29 is 14.3 Å². The van der Waals surface area contributed by atoms with Crippen molar-refractivity contribution in [1.82, 2.24) is 0 Å². The van der Waals surface area contributed by atoms with Crippen LogP contribution in [0.4, 0.5) is 11.4 Å². The Bertz CT molecular complexity index is 1180. The SMILES string of the molecule is COc1ccc(C(=O)N2c3ccc(Cl)cc3C(N(C(C)=O)c3ccc(Cl)cc3)CC2C)cc1. The van der Waals surface area contributed by atoms with E-state index in [-0.39, 0.29) is 23.9 Å². The minimum absolute atomic E-state index is 0.102. The molecule has 0 bridgehead atoms. The predicted octanol–water partition coefficient (Wildman–Crippen LogP) is 6.54. The van der Waals surface area contributed by atoms with Gasteiger partial charge in [0.15, 0.2) is 0 Å². The van der Waals surface area contributed by atoms with Crippen LogP contribution in [0.25, 0.3) is 0 Å². The van der Waals surface area contributed by atoms with Gasteiger partial charge in [0.25, 0.3) is 5.91 Å². The quantitative estimate of drug-likeness (QED) is 0.424. The molecule has 0 fully saturated rings. The number of carbonyl (C=O) groups excluding carboxylic acids is 2. The van der Waals surface area contributed by atoms with E-state index in [9.17, 15) is 9.59 Å². The van der Waals surface area contributed by atoms with Gasteiger partial charge >= 0.3 is 0 Å². The molecule has 0 saturated heterocycles. The maximum absolute atomic E-state index is 13.5. The first-order valence-electron chi connectivity index (χ1n) is 10.6. The van der Waals surface area contributed by atoms with E-state index in [1.807, 2.05) is 31.2 Å². The number of methoxy groups -OCH3 is 1. The minimum Gasteiger partial charge on any atom is -0.497 e. The zero-order chi connectivity index (χ0) is 23.7. The molecule has 3 aromatic rings. The molecule has 0 radical (unpaired) electrons. The lowest BCUT2D eigenvalue weighted by Crippen LogP contribution is -2.47. The van der Waals surface area contributed by atoms with Gasteiger partial charge in [-0.25, -0.2) is 0 Å². The van der Waals surface area contributed by atoms with Crippen molar-refractivity contribution in [1.29, 1.82) is 0 Å². The molecule has 170 valence electrons. The number of hydrogen-bond acceptors (Lipinski definition) is 3. The Hall–Kier alpha value is -3.02. The van der Waals surface area contributed by atoms with Crippen molar-refractivity contribution in [3.8, 4) is 5.75 Å². The summed E-state index contributed by atoms with van der Waals surface area (Å²) in [6.07, 6.45) is 0.553. The number of hydrogen-bond donors (Lipinski definition) is 0. The molecule has 2 atom stereocenters. The van der Waals surface area contributed by atoms with Gasteiger partial charge in [-0.2, -0.15) is 0 Å². The Morgan fingerprint density at radius 1 is 0.970 bits per heavy atom. The lowest BCUT2D eigenvalue weighted by molar-refractivity contribution is -0.117. The Morgan fingerprint density at radius 2 is 1.61 bits per heavy atom. The molecule has 0 N–H and O–H groups in total. The summed E-state index contributed by atoms with van der Waals surface area (Å²) in [5.74, 6) is 0.467. The molecule has 2 unspecified atom stereocenters. The molecule has 2 amide bonds. The molecule has 1 aliphatic rings. The van der Waals surface area contributed by atoms with E-state index in [4.69, 9.17) is 27.9 Å². The van der Waals surface area contributed by atoms with Gasteiger partial charge in [-0.05, 0) is 80.1 Å². The molecule has 0 spiro atoms. The number of nitrogens with zero attached hydrogens (tertiary/aromatic N) is 2. The third kappa shape index (κ3) is 4.56. The van der Waals surface area contributed by atoms with Gasteiger partial charge in [0.1, 0.15) is 5.75 Å². The Labute approximate surface area is 203 Å². The topological polar surface area (TPSA) is 49.9 Å². The maximum atomic E-state index is 13.5. The Morgan fingerprint density at radius 3 is 2.21 bits per heavy atom.